The Balaban J connectivity index is 1.72. The zero-order valence-electron chi connectivity index (χ0n) is 20.2. The number of hydrogen-bond acceptors (Lipinski definition) is 4. The fourth-order valence-electron chi connectivity index (χ4n) is 3.30. The first kappa shape index (κ1) is 26.2. The van der Waals surface area contributed by atoms with Gasteiger partial charge in [-0.15, -0.1) is 0 Å². The van der Waals surface area contributed by atoms with Crippen molar-refractivity contribution >= 4 is 12.2 Å². The zero-order valence-corrected chi connectivity index (χ0v) is 20.2. The number of rotatable bonds is 12. The van der Waals surface area contributed by atoms with E-state index >= 15 is 0 Å². The molecule has 0 aromatic heterocycles. The van der Waals surface area contributed by atoms with E-state index in [1.54, 1.807) is 4.90 Å². The van der Waals surface area contributed by atoms with E-state index in [4.69, 9.17) is 9.47 Å². The molecule has 2 aromatic carbocycles. The van der Waals surface area contributed by atoms with Crippen LogP contribution >= 0.6 is 0 Å². The lowest BCUT2D eigenvalue weighted by atomic mass is 10.1. The molecule has 0 radical (unpaired) electrons. The summed E-state index contributed by atoms with van der Waals surface area (Å²) in [4.78, 5) is 26.2. The highest BCUT2D eigenvalue weighted by atomic mass is 16.6. The lowest BCUT2D eigenvalue weighted by molar-refractivity contribution is 0.0526. The van der Waals surface area contributed by atoms with E-state index in [0.29, 0.717) is 19.6 Å². The van der Waals surface area contributed by atoms with Crippen LogP contribution in [0.15, 0.2) is 60.7 Å². The van der Waals surface area contributed by atoms with Crippen molar-refractivity contribution in [2.45, 2.75) is 65.1 Å². The molecule has 0 bridgehead atoms. The SMILES string of the molecule is CC(C)(C)OC(=O)NCCCCCCN(CCc1ccccc1)C(=O)OCc1ccccc1. The summed E-state index contributed by atoms with van der Waals surface area (Å²) in [5.41, 5.74) is 1.69. The average molecular weight is 455 g/mol. The van der Waals surface area contributed by atoms with E-state index < -0.39 is 5.60 Å². The van der Waals surface area contributed by atoms with Crippen LogP contribution in [0.4, 0.5) is 9.59 Å². The molecule has 33 heavy (non-hydrogen) atoms. The smallest absolute Gasteiger partial charge is 0.410 e. The second-order valence-corrected chi connectivity index (χ2v) is 9.11. The van der Waals surface area contributed by atoms with Crippen molar-refractivity contribution < 1.29 is 19.1 Å². The number of carbonyl (C=O) groups excluding carboxylic acids is 2. The van der Waals surface area contributed by atoms with Crippen LogP contribution in [-0.4, -0.2) is 42.3 Å². The molecule has 0 aliphatic rings. The summed E-state index contributed by atoms with van der Waals surface area (Å²) >= 11 is 0. The number of hydrogen-bond donors (Lipinski definition) is 1. The first-order valence-corrected chi connectivity index (χ1v) is 11.8. The van der Waals surface area contributed by atoms with Crippen molar-refractivity contribution in [3.05, 3.63) is 71.8 Å². The number of carbonyl (C=O) groups is 2. The number of benzene rings is 2. The minimum Gasteiger partial charge on any atom is -0.445 e. The number of alkyl carbamates (subject to hydrolysis) is 1. The van der Waals surface area contributed by atoms with Crippen LogP contribution in [0.1, 0.15) is 57.6 Å². The predicted octanol–water partition coefficient (Wildman–Crippen LogP) is 5.95. The molecular formula is C27H38N2O4. The van der Waals surface area contributed by atoms with Crippen molar-refractivity contribution in [1.29, 1.82) is 0 Å². The molecule has 0 atom stereocenters. The van der Waals surface area contributed by atoms with Crippen LogP contribution in [0.3, 0.4) is 0 Å². The van der Waals surface area contributed by atoms with Crippen LogP contribution < -0.4 is 5.32 Å². The first-order chi connectivity index (χ1) is 15.8. The molecule has 0 unspecified atom stereocenters. The normalized spacial score (nSPS) is 11.0. The number of nitrogens with one attached hydrogen (secondary N) is 1. The van der Waals surface area contributed by atoms with Crippen molar-refractivity contribution in [2.75, 3.05) is 19.6 Å². The molecule has 6 nitrogen and oxygen atoms in total. The van der Waals surface area contributed by atoms with Gasteiger partial charge in [0.05, 0.1) is 0 Å². The Bertz CT molecular complexity index is 819. The minimum absolute atomic E-state index is 0.276. The summed E-state index contributed by atoms with van der Waals surface area (Å²) < 4.78 is 10.8. The molecule has 0 aliphatic heterocycles. The van der Waals surface area contributed by atoms with Gasteiger partial charge in [0.1, 0.15) is 12.2 Å². The van der Waals surface area contributed by atoms with Gasteiger partial charge >= 0.3 is 12.2 Å². The van der Waals surface area contributed by atoms with E-state index in [1.165, 1.54) is 5.56 Å². The summed E-state index contributed by atoms with van der Waals surface area (Å²) in [7, 11) is 0. The molecule has 0 saturated carbocycles. The van der Waals surface area contributed by atoms with Crippen LogP contribution in [0.2, 0.25) is 0 Å². The molecule has 6 heteroatoms. The lowest BCUT2D eigenvalue weighted by Crippen LogP contribution is -2.34. The highest BCUT2D eigenvalue weighted by molar-refractivity contribution is 5.68. The number of amides is 2. The molecule has 0 fully saturated rings. The molecule has 1 N–H and O–H groups in total. The second kappa shape index (κ2) is 14.2. The summed E-state index contributed by atoms with van der Waals surface area (Å²) in [6.45, 7) is 7.68. The highest BCUT2D eigenvalue weighted by Crippen LogP contribution is 2.09. The molecule has 2 aromatic rings. The Hall–Kier alpha value is -3.02. The minimum atomic E-state index is -0.484. The monoisotopic (exact) mass is 454 g/mol. The van der Waals surface area contributed by atoms with Gasteiger partial charge in [-0.3, -0.25) is 0 Å². The van der Waals surface area contributed by atoms with Gasteiger partial charge in [0.25, 0.3) is 0 Å². The lowest BCUT2D eigenvalue weighted by Gasteiger charge is -2.22. The zero-order chi connectivity index (χ0) is 23.9. The van der Waals surface area contributed by atoms with Gasteiger partial charge in [0.2, 0.25) is 0 Å². The number of nitrogens with zero attached hydrogens (tertiary/aromatic N) is 1. The molecule has 0 heterocycles. The maximum Gasteiger partial charge on any atom is 0.410 e. The van der Waals surface area contributed by atoms with Crippen LogP contribution in [0, 0.1) is 0 Å². The van der Waals surface area contributed by atoms with Crippen molar-refractivity contribution in [3.8, 4) is 0 Å². The number of unbranched alkanes of at least 4 members (excludes halogenated alkanes) is 3. The Kier molecular flexibility index (Phi) is 11.3. The first-order valence-electron chi connectivity index (χ1n) is 11.8. The van der Waals surface area contributed by atoms with Crippen molar-refractivity contribution in [3.63, 3.8) is 0 Å². The third kappa shape index (κ3) is 12.0. The van der Waals surface area contributed by atoms with Gasteiger partial charge in [-0.1, -0.05) is 73.5 Å². The van der Waals surface area contributed by atoms with E-state index in [-0.39, 0.29) is 18.8 Å². The fraction of sp³-hybridized carbons (Fsp3) is 0.481. The Morgan fingerprint density at radius 3 is 2.06 bits per heavy atom. The van der Waals surface area contributed by atoms with Crippen LogP contribution in [0.25, 0.3) is 0 Å². The number of ether oxygens (including phenoxy) is 2. The van der Waals surface area contributed by atoms with Crippen molar-refractivity contribution in [1.82, 2.24) is 10.2 Å². The predicted molar refractivity (Wildman–Crippen MR) is 131 cm³/mol. The van der Waals surface area contributed by atoms with Gasteiger partial charge in [0, 0.05) is 19.6 Å². The summed E-state index contributed by atoms with van der Waals surface area (Å²) in [5.74, 6) is 0. The topological polar surface area (TPSA) is 67.9 Å². The Morgan fingerprint density at radius 2 is 1.42 bits per heavy atom. The maximum absolute atomic E-state index is 12.7. The highest BCUT2D eigenvalue weighted by Gasteiger charge is 2.16. The summed E-state index contributed by atoms with van der Waals surface area (Å²) in [6.07, 6.45) is 3.85. The third-order valence-electron chi connectivity index (χ3n) is 5.00. The molecule has 2 amide bonds. The van der Waals surface area contributed by atoms with E-state index in [2.05, 4.69) is 17.4 Å². The van der Waals surface area contributed by atoms with Crippen molar-refractivity contribution in [2.24, 2.45) is 0 Å². The Morgan fingerprint density at radius 1 is 0.818 bits per heavy atom. The molecular weight excluding hydrogens is 416 g/mol. The second-order valence-electron chi connectivity index (χ2n) is 9.11. The summed E-state index contributed by atoms with van der Waals surface area (Å²) in [5, 5.41) is 2.78. The quantitative estimate of drug-likeness (QED) is 0.402. The van der Waals surface area contributed by atoms with Gasteiger partial charge in [-0.2, -0.15) is 0 Å². The standard InChI is InChI=1S/C27H38N2O4/c1-27(2,3)33-25(30)28-19-12-4-5-13-20-29(21-18-23-14-8-6-9-15-23)26(31)32-22-24-16-10-7-11-17-24/h6-11,14-17H,4-5,12-13,18-22H2,1-3H3,(H,28,30). The largest absolute Gasteiger partial charge is 0.445 e. The van der Waals surface area contributed by atoms with Gasteiger partial charge in [0.15, 0.2) is 0 Å². The molecule has 180 valence electrons. The van der Waals surface area contributed by atoms with Gasteiger partial charge in [-0.05, 0) is 51.2 Å². The van der Waals surface area contributed by atoms with E-state index in [0.717, 1.165) is 37.7 Å². The van der Waals surface area contributed by atoms with Crippen LogP contribution in [0.5, 0.6) is 0 Å². The molecule has 2 rings (SSSR count). The van der Waals surface area contributed by atoms with Gasteiger partial charge < -0.3 is 19.7 Å². The molecule has 0 spiro atoms. The fourth-order valence-corrected chi connectivity index (χ4v) is 3.30. The average Bonchev–Trinajstić information content (AvgIpc) is 2.79. The third-order valence-corrected chi connectivity index (χ3v) is 5.00. The van der Waals surface area contributed by atoms with E-state index in [9.17, 15) is 9.59 Å². The molecule has 0 saturated heterocycles. The van der Waals surface area contributed by atoms with E-state index in [1.807, 2.05) is 69.3 Å². The van der Waals surface area contributed by atoms with Crippen LogP contribution in [-0.2, 0) is 22.5 Å². The molecule has 0 aliphatic carbocycles. The maximum atomic E-state index is 12.7. The summed E-state index contributed by atoms with van der Waals surface area (Å²) in [6, 6.07) is 19.9. The van der Waals surface area contributed by atoms with Gasteiger partial charge in [-0.25, -0.2) is 9.59 Å². The Labute approximate surface area is 198 Å².